The van der Waals surface area contributed by atoms with Gasteiger partial charge in [-0.1, -0.05) is 19.4 Å². The first-order valence-electron chi connectivity index (χ1n) is 7.68. The number of hydrogen-bond donors (Lipinski definition) is 1. The van der Waals surface area contributed by atoms with Crippen LogP contribution in [0.2, 0.25) is 0 Å². The number of amides is 2. The highest BCUT2D eigenvalue weighted by molar-refractivity contribution is 5.81. The van der Waals surface area contributed by atoms with Crippen molar-refractivity contribution in [2.45, 2.75) is 58.6 Å². The van der Waals surface area contributed by atoms with Gasteiger partial charge in [-0.15, -0.1) is 0 Å². The molecule has 6 heteroatoms. The van der Waals surface area contributed by atoms with Crippen molar-refractivity contribution in [3.63, 3.8) is 0 Å². The van der Waals surface area contributed by atoms with Crippen LogP contribution in [0.4, 0.5) is 14.9 Å². The monoisotopic (exact) mass is 324 g/mol. The normalized spacial score (nSPS) is 12.6. The second-order valence-electron chi connectivity index (χ2n) is 6.50. The number of halogens is 1. The predicted molar refractivity (Wildman–Crippen MR) is 87.3 cm³/mol. The summed E-state index contributed by atoms with van der Waals surface area (Å²) in [5.41, 5.74) is 5.52. The summed E-state index contributed by atoms with van der Waals surface area (Å²) in [7, 11) is 0. The topological polar surface area (TPSA) is 72.6 Å². The molecule has 2 amide bonds. The third-order valence-electron chi connectivity index (χ3n) is 3.27. The number of carbonyl (C=O) groups is 2. The van der Waals surface area contributed by atoms with Crippen LogP contribution in [-0.4, -0.2) is 29.0 Å². The molecule has 0 heterocycles. The standard InChI is InChI=1S/C17H25FN2O3/c1-5-6-13(9-12-7-8-15(19)14(18)10-12)20(11-21)16(22)23-17(2,3)4/h7-8,10-11,13H,5-6,9,19H2,1-4H3. The van der Waals surface area contributed by atoms with Gasteiger partial charge in [0.25, 0.3) is 0 Å². The molecular formula is C17H25FN2O3. The van der Waals surface area contributed by atoms with E-state index in [2.05, 4.69) is 0 Å². The molecule has 0 bridgehead atoms. The van der Waals surface area contributed by atoms with Crippen LogP contribution >= 0.6 is 0 Å². The number of benzene rings is 1. The largest absolute Gasteiger partial charge is 0.443 e. The Bertz CT molecular complexity index is 555. The van der Waals surface area contributed by atoms with E-state index in [1.165, 1.54) is 12.1 Å². The van der Waals surface area contributed by atoms with Crippen LogP contribution in [0.5, 0.6) is 0 Å². The van der Waals surface area contributed by atoms with Gasteiger partial charge in [-0.25, -0.2) is 14.1 Å². The minimum absolute atomic E-state index is 0.0696. The third kappa shape index (κ3) is 5.88. The number of nitrogen functional groups attached to an aromatic ring is 1. The smallest absolute Gasteiger partial charge is 0.417 e. The molecule has 1 aromatic rings. The van der Waals surface area contributed by atoms with Gasteiger partial charge in [0.1, 0.15) is 11.4 Å². The maximum atomic E-state index is 13.6. The van der Waals surface area contributed by atoms with Crippen molar-refractivity contribution >= 4 is 18.2 Å². The maximum absolute atomic E-state index is 13.6. The van der Waals surface area contributed by atoms with Crippen LogP contribution < -0.4 is 5.73 Å². The van der Waals surface area contributed by atoms with Crippen LogP contribution in [0.25, 0.3) is 0 Å². The van der Waals surface area contributed by atoms with Gasteiger partial charge < -0.3 is 10.5 Å². The summed E-state index contributed by atoms with van der Waals surface area (Å²) < 4.78 is 18.8. The van der Waals surface area contributed by atoms with Crippen molar-refractivity contribution in [3.8, 4) is 0 Å². The van der Waals surface area contributed by atoms with Gasteiger partial charge in [0.2, 0.25) is 6.41 Å². The number of imide groups is 1. The van der Waals surface area contributed by atoms with Crippen LogP contribution in [0.3, 0.4) is 0 Å². The molecule has 1 atom stereocenters. The van der Waals surface area contributed by atoms with Gasteiger partial charge in [0.05, 0.1) is 5.69 Å². The van der Waals surface area contributed by atoms with E-state index in [-0.39, 0.29) is 5.69 Å². The average molecular weight is 324 g/mol. The second kappa shape index (κ2) is 7.94. The second-order valence-corrected chi connectivity index (χ2v) is 6.50. The zero-order chi connectivity index (χ0) is 17.6. The number of anilines is 1. The van der Waals surface area contributed by atoms with Crippen molar-refractivity contribution in [3.05, 3.63) is 29.6 Å². The number of rotatable bonds is 6. The summed E-state index contributed by atoms with van der Waals surface area (Å²) in [6.45, 7) is 7.16. The summed E-state index contributed by atoms with van der Waals surface area (Å²) in [6, 6.07) is 4.11. The average Bonchev–Trinajstić information content (AvgIpc) is 2.42. The van der Waals surface area contributed by atoms with E-state index in [9.17, 15) is 14.0 Å². The fraction of sp³-hybridized carbons (Fsp3) is 0.529. The first kappa shape index (κ1) is 18.9. The van der Waals surface area contributed by atoms with Crippen LogP contribution in [-0.2, 0) is 16.0 Å². The predicted octanol–water partition coefficient (Wildman–Crippen LogP) is 3.51. The van der Waals surface area contributed by atoms with Gasteiger partial charge in [-0.3, -0.25) is 4.79 Å². The van der Waals surface area contributed by atoms with Gasteiger partial charge in [0.15, 0.2) is 0 Å². The van der Waals surface area contributed by atoms with Gasteiger partial charge in [-0.05, 0) is 51.3 Å². The van der Waals surface area contributed by atoms with Crippen molar-refractivity contribution < 1.29 is 18.7 Å². The summed E-state index contributed by atoms with van der Waals surface area (Å²) in [6.07, 6.45) is 1.51. The highest BCUT2D eigenvalue weighted by Crippen LogP contribution is 2.19. The Morgan fingerprint density at radius 3 is 2.57 bits per heavy atom. The van der Waals surface area contributed by atoms with E-state index in [0.717, 1.165) is 11.3 Å². The molecule has 1 unspecified atom stereocenters. The third-order valence-corrected chi connectivity index (χ3v) is 3.27. The molecule has 2 N–H and O–H groups in total. The molecule has 1 rings (SSSR count). The zero-order valence-electron chi connectivity index (χ0n) is 14.1. The van der Waals surface area contributed by atoms with Gasteiger partial charge in [0, 0.05) is 6.04 Å². The molecule has 1 aromatic carbocycles. The quantitative estimate of drug-likeness (QED) is 0.642. The van der Waals surface area contributed by atoms with Crippen LogP contribution in [0.1, 0.15) is 46.1 Å². The lowest BCUT2D eigenvalue weighted by atomic mass is 10.0. The van der Waals surface area contributed by atoms with Crippen molar-refractivity contribution in [2.75, 3.05) is 5.73 Å². The van der Waals surface area contributed by atoms with Crippen molar-refractivity contribution in [2.24, 2.45) is 0 Å². The van der Waals surface area contributed by atoms with Gasteiger partial charge in [-0.2, -0.15) is 0 Å². The number of carbonyl (C=O) groups excluding carboxylic acids is 2. The lowest BCUT2D eigenvalue weighted by Crippen LogP contribution is -2.43. The lowest BCUT2D eigenvalue weighted by molar-refractivity contribution is -0.119. The van der Waals surface area contributed by atoms with E-state index >= 15 is 0 Å². The zero-order valence-corrected chi connectivity index (χ0v) is 14.1. The summed E-state index contributed by atoms with van der Waals surface area (Å²) in [5.74, 6) is -0.507. The molecule has 5 nitrogen and oxygen atoms in total. The maximum Gasteiger partial charge on any atom is 0.417 e. The van der Waals surface area contributed by atoms with E-state index in [1.807, 2.05) is 6.92 Å². The first-order chi connectivity index (χ1) is 10.7. The Labute approximate surface area is 136 Å². The molecule has 0 aliphatic carbocycles. The molecule has 0 radical (unpaired) electrons. The highest BCUT2D eigenvalue weighted by Gasteiger charge is 2.28. The fourth-order valence-electron chi connectivity index (χ4n) is 2.24. The van der Waals surface area contributed by atoms with E-state index in [0.29, 0.717) is 24.8 Å². The Morgan fingerprint density at radius 1 is 1.43 bits per heavy atom. The van der Waals surface area contributed by atoms with Crippen LogP contribution in [0, 0.1) is 5.82 Å². The molecule has 0 saturated heterocycles. The molecule has 128 valence electrons. The SMILES string of the molecule is CCCC(Cc1ccc(N)c(F)c1)N(C=O)C(=O)OC(C)(C)C. The fourth-order valence-corrected chi connectivity index (χ4v) is 2.24. The van der Waals surface area contributed by atoms with E-state index in [1.54, 1.807) is 26.8 Å². The Kier molecular flexibility index (Phi) is 6.54. The van der Waals surface area contributed by atoms with E-state index in [4.69, 9.17) is 10.5 Å². The summed E-state index contributed by atoms with van der Waals surface area (Å²) in [4.78, 5) is 24.6. The molecule has 0 aromatic heterocycles. The number of nitrogens with two attached hydrogens (primary N) is 1. The molecule has 0 aliphatic rings. The molecular weight excluding hydrogens is 299 g/mol. The molecule has 0 aliphatic heterocycles. The number of nitrogens with zero attached hydrogens (tertiary/aromatic N) is 1. The Balaban J connectivity index is 2.95. The minimum Gasteiger partial charge on any atom is -0.443 e. The number of hydrogen-bond acceptors (Lipinski definition) is 4. The first-order valence-corrected chi connectivity index (χ1v) is 7.68. The highest BCUT2D eigenvalue weighted by atomic mass is 19.1. The van der Waals surface area contributed by atoms with Crippen molar-refractivity contribution in [1.82, 2.24) is 4.90 Å². The minimum atomic E-state index is -0.693. The summed E-state index contributed by atoms with van der Waals surface area (Å²) in [5, 5.41) is 0. The molecule has 0 fully saturated rings. The van der Waals surface area contributed by atoms with Gasteiger partial charge >= 0.3 is 6.09 Å². The Morgan fingerprint density at radius 2 is 2.09 bits per heavy atom. The summed E-state index contributed by atoms with van der Waals surface area (Å²) >= 11 is 0. The number of ether oxygens (including phenoxy) is 1. The molecule has 0 saturated carbocycles. The van der Waals surface area contributed by atoms with E-state index < -0.39 is 23.6 Å². The Hall–Kier alpha value is -2.11. The molecule has 23 heavy (non-hydrogen) atoms. The van der Waals surface area contributed by atoms with Crippen molar-refractivity contribution in [1.29, 1.82) is 0 Å². The lowest BCUT2D eigenvalue weighted by Gasteiger charge is -2.29. The molecule has 0 spiro atoms. The van der Waals surface area contributed by atoms with Crippen LogP contribution in [0.15, 0.2) is 18.2 Å².